The average Bonchev–Trinajstić information content (AvgIpc) is 2.32. The van der Waals surface area contributed by atoms with E-state index in [0.29, 0.717) is 11.1 Å². The van der Waals surface area contributed by atoms with Crippen LogP contribution in [0.4, 0.5) is 5.82 Å². The van der Waals surface area contributed by atoms with E-state index in [1.165, 1.54) is 0 Å². The lowest BCUT2D eigenvalue weighted by molar-refractivity contribution is 0.269. The van der Waals surface area contributed by atoms with Crippen LogP contribution in [0.5, 0.6) is 0 Å². The summed E-state index contributed by atoms with van der Waals surface area (Å²) in [6.45, 7) is 14.0. The van der Waals surface area contributed by atoms with Gasteiger partial charge >= 0.3 is 0 Å². The van der Waals surface area contributed by atoms with E-state index in [9.17, 15) is 0 Å². The van der Waals surface area contributed by atoms with Crippen molar-refractivity contribution in [3.63, 3.8) is 0 Å². The molecule has 0 amide bonds. The zero-order valence-electron chi connectivity index (χ0n) is 13.0. The van der Waals surface area contributed by atoms with Crippen LogP contribution in [0.1, 0.15) is 52.4 Å². The predicted molar refractivity (Wildman–Crippen MR) is 82.9 cm³/mol. The van der Waals surface area contributed by atoms with Crippen LogP contribution in [-0.2, 0) is 6.42 Å². The molecule has 0 fully saturated rings. The summed E-state index contributed by atoms with van der Waals surface area (Å²) in [5, 5.41) is 4.00. The third kappa shape index (κ3) is 4.34. The smallest absolute Gasteiger partial charge is 0.137 e. The van der Waals surface area contributed by atoms with E-state index in [1.807, 2.05) is 6.92 Å². The monoisotopic (exact) mass is 283 g/mol. The molecule has 0 saturated carbocycles. The van der Waals surface area contributed by atoms with Crippen LogP contribution >= 0.6 is 11.6 Å². The van der Waals surface area contributed by atoms with Crippen LogP contribution in [0.25, 0.3) is 0 Å². The Morgan fingerprint density at radius 1 is 1.26 bits per heavy atom. The van der Waals surface area contributed by atoms with Crippen molar-refractivity contribution < 1.29 is 0 Å². The number of anilines is 1. The number of hydrogen-bond donors (Lipinski definition) is 1. The summed E-state index contributed by atoms with van der Waals surface area (Å²) in [6.07, 6.45) is 1.89. The predicted octanol–water partition coefficient (Wildman–Crippen LogP) is 4.49. The highest BCUT2D eigenvalue weighted by Crippen LogP contribution is 2.27. The van der Waals surface area contributed by atoms with Gasteiger partial charge in [0.2, 0.25) is 0 Å². The van der Waals surface area contributed by atoms with Gasteiger partial charge in [0.1, 0.15) is 16.8 Å². The normalized spacial score (nSPS) is 12.0. The molecule has 0 spiro atoms. The van der Waals surface area contributed by atoms with Gasteiger partial charge in [0.15, 0.2) is 0 Å². The van der Waals surface area contributed by atoms with Gasteiger partial charge in [-0.05, 0) is 24.7 Å². The number of hydrogen-bond acceptors (Lipinski definition) is 3. The topological polar surface area (TPSA) is 37.8 Å². The van der Waals surface area contributed by atoms with Gasteiger partial charge in [0.05, 0.1) is 0 Å². The van der Waals surface area contributed by atoms with Crippen LogP contribution in [0.2, 0.25) is 5.15 Å². The van der Waals surface area contributed by atoms with Gasteiger partial charge < -0.3 is 5.32 Å². The van der Waals surface area contributed by atoms with Gasteiger partial charge in [-0.25, -0.2) is 9.97 Å². The standard InChI is InChI=1S/C15H26ClN3/c1-7-8-12-18-13(16)11(4)14(19-12)17-9-15(5,6)10(2)3/h10H,7-9H2,1-6H3,(H,17,18,19). The molecule has 108 valence electrons. The van der Waals surface area contributed by atoms with Gasteiger partial charge in [-0.2, -0.15) is 0 Å². The lowest BCUT2D eigenvalue weighted by atomic mass is 9.81. The Kier molecular flexibility index (Phi) is 5.60. The number of rotatable bonds is 6. The fourth-order valence-corrected chi connectivity index (χ4v) is 1.74. The van der Waals surface area contributed by atoms with Crippen LogP contribution < -0.4 is 5.32 Å². The number of nitrogens with one attached hydrogen (secondary N) is 1. The number of nitrogens with zero attached hydrogens (tertiary/aromatic N) is 2. The van der Waals surface area contributed by atoms with Gasteiger partial charge in [-0.15, -0.1) is 0 Å². The highest BCUT2D eigenvalue weighted by Gasteiger charge is 2.22. The van der Waals surface area contributed by atoms with Crippen molar-refractivity contribution in [2.75, 3.05) is 11.9 Å². The molecule has 4 heteroatoms. The number of aryl methyl sites for hydroxylation is 1. The lowest BCUT2D eigenvalue weighted by Gasteiger charge is -2.30. The number of aromatic nitrogens is 2. The third-order valence-electron chi connectivity index (χ3n) is 3.88. The molecular weight excluding hydrogens is 258 g/mol. The SMILES string of the molecule is CCCc1nc(Cl)c(C)c(NCC(C)(C)C(C)C)n1. The summed E-state index contributed by atoms with van der Waals surface area (Å²) in [5.74, 6) is 2.30. The van der Waals surface area contributed by atoms with E-state index in [0.717, 1.165) is 36.6 Å². The fraction of sp³-hybridized carbons (Fsp3) is 0.733. The molecule has 0 aliphatic rings. The first-order chi connectivity index (χ1) is 8.77. The Balaban J connectivity index is 2.88. The van der Waals surface area contributed by atoms with Crippen molar-refractivity contribution in [1.29, 1.82) is 0 Å². The van der Waals surface area contributed by atoms with Crippen molar-refractivity contribution in [1.82, 2.24) is 9.97 Å². The molecule has 0 atom stereocenters. The molecule has 19 heavy (non-hydrogen) atoms. The lowest BCUT2D eigenvalue weighted by Crippen LogP contribution is -2.29. The third-order valence-corrected chi connectivity index (χ3v) is 4.25. The quantitative estimate of drug-likeness (QED) is 0.782. The Bertz CT molecular complexity index is 428. The molecule has 1 rings (SSSR count). The van der Waals surface area contributed by atoms with Crippen LogP contribution in [0, 0.1) is 18.3 Å². The molecule has 0 radical (unpaired) electrons. The second-order valence-electron chi connectivity index (χ2n) is 6.15. The maximum absolute atomic E-state index is 6.18. The summed E-state index contributed by atoms with van der Waals surface area (Å²) >= 11 is 6.18. The first kappa shape index (κ1) is 16.2. The number of halogens is 1. The van der Waals surface area contributed by atoms with E-state index in [4.69, 9.17) is 11.6 Å². The van der Waals surface area contributed by atoms with Crippen molar-refractivity contribution in [3.05, 3.63) is 16.5 Å². The zero-order chi connectivity index (χ0) is 14.6. The van der Waals surface area contributed by atoms with Crippen molar-refractivity contribution >= 4 is 17.4 Å². The molecule has 3 nitrogen and oxygen atoms in total. The zero-order valence-corrected chi connectivity index (χ0v) is 13.7. The summed E-state index contributed by atoms with van der Waals surface area (Å²) in [7, 11) is 0. The molecule has 0 aliphatic heterocycles. The highest BCUT2D eigenvalue weighted by atomic mass is 35.5. The Morgan fingerprint density at radius 3 is 2.42 bits per heavy atom. The largest absolute Gasteiger partial charge is 0.369 e. The van der Waals surface area contributed by atoms with Gasteiger partial charge in [-0.3, -0.25) is 0 Å². The minimum atomic E-state index is 0.217. The first-order valence-electron chi connectivity index (χ1n) is 7.04. The summed E-state index contributed by atoms with van der Waals surface area (Å²) in [6, 6.07) is 0. The Labute approximate surface area is 122 Å². The molecule has 0 bridgehead atoms. The van der Waals surface area contributed by atoms with E-state index >= 15 is 0 Å². The van der Waals surface area contributed by atoms with E-state index in [1.54, 1.807) is 0 Å². The summed E-state index contributed by atoms with van der Waals surface area (Å²) < 4.78 is 0. The Hall–Kier alpha value is -0.830. The van der Waals surface area contributed by atoms with Gasteiger partial charge in [0, 0.05) is 18.5 Å². The van der Waals surface area contributed by atoms with E-state index in [2.05, 4.69) is 49.9 Å². The second kappa shape index (κ2) is 6.56. The molecule has 0 aliphatic carbocycles. The minimum Gasteiger partial charge on any atom is -0.369 e. The highest BCUT2D eigenvalue weighted by molar-refractivity contribution is 6.30. The maximum Gasteiger partial charge on any atom is 0.137 e. The first-order valence-corrected chi connectivity index (χ1v) is 7.42. The molecule has 1 aromatic heterocycles. The molecule has 1 aromatic rings. The maximum atomic E-state index is 6.18. The van der Waals surface area contributed by atoms with Crippen molar-refractivity contribution in [2.24, 2.45) is 11.3 Å². The van der Waals surface area contributed by atoms with E-state index < -0.39 is 0 Å². The average molecular weight is 284 g/mol. The minimum absolute atomic E-state index is 0.217. The molecule has 0 unspecified atom stereocenters. The Morgan fingerprint density at radius 2 is 1.89 bits per heavy atom. The summed E-state index contributed by atoms with van der Waals surface area (Å²) in [4.78, 5) is 8.90. The van der Waals surface area contributed by atoms with Crippen molar-refractivity contribution in [3.8, 4) is 0 Å². The molecule has 1 heterocycles. The second-order valence-corrected chi connectivity index (χ2v) is 6.51. The molecule has 0 saturated heterocycles. The van der Waals surface area contributed by atoms with Crippen molar-refractivity contribution in [2.45, 2.75) is 54.4 Å². The van der Waals surface area contributed by atoms with Gasteiger partial charge in [-0.1, -0.05) is 46.2 Å². The molecule has 0 aromatic carbocycles. The van der Waals surface area contributed by atoms with Crippen LogP contribution in [0.15, 0.2) is 0 Å². The fourth-order valence-electron chi connectivity index (χ4n) is 1.56. The molecule has 1 N–H and O–H groups in total. The van der Waals surface area contributed by atoms with E-state index in [-0.39, 0.29) is 5.41 Å². The molecular formula is C15H26ClN3. The van der Waals surface area contributed by atoms with Crippen LogP contribution in [0.3, 0.4) is 0 Å². The van der Waals surface area contributed by atoms with Crippen LogP contribution in [-0.4, -0.2) is 16.5 Å². The summed E-state index contributed by atoms with van der Waals surface area (Å²) in [5.41, 5.74) is 1.15. The van der Waals surface area contributed by atoms with Gasteiger partial charge in [0.25, 0.3) is 0 Å².